The number of hydrogen-bond donors (Lipinski definition) is 16. The molecule has 0 amide bonds. The first kappa shape index (κ1) is 44.0. The van der Waals surface area contributed by atoms with E-state index in [1.807, 2.05) is 0 Å². The lowest BCUT2D eigenvalue weighted by Crippen LogP contribution is -2.46. The highest BCUT2D eigenvalue weighted by atomic mass is 31.2. The molecule has 0 spiro atoms. The van der Waals surface area contributed by atoms with Crippen LogP contribution in [0.25, 0.3) is 0 Å². The van der Waals surface area contributed by atoms with E-state index in [1.165, 1.54) is 0 Å². The molecule has 39 heavy (non-hydrogen) atoms. The van der Waals surface area contributed by atoms with Crippen LogP contribution in [0.4, 0.5) is 0 Å². The maximum absolute atomic E-state index is 10.1. The summed E-state index contributed by atoms with van der Waals surface area (Å²) >= 11 is 0. The number of aliphatic hydroxyl groups excluding tert-OH is 12. The van der Waals surface area contributed by atoms with Crippen LogP contribution in [0.15, 0.2) is 0 Å². The van der Waals surface area contributed by atoms with Gasteiger partial charge in [0.15, 0.2) is 18.2 Å². The minimum absolute atomic E-state index is 0.0258. The van der Waals surface area contributed by atoms with Gasteiger partial charge in [0, 0.05) is 6.92 Å². The molecular weight excluding hydrogens is 571 g/mol. The number of hydrogen-bond acceptors (Lipinski definition) is 17. The van der Waals surface area contributed by atoms with Gasteiger partial charge in [-0.25, -0.2) is 9.59 Å². The summed E-state index contributed by atoms with van der Waals surface area (Å²) in [7, 11) is -4.94. The molecule has 16 N–H and O–H groups in total. The highest BCUT2D eigenvalue weighted by Crippen LogP contribution is 2.41. The second kappa shape index (κ2) is 22.7. The molecule has 0 aliphatic rings. The van der Waals surface area contributed by atoms with Crippen molar-refractivity contribution in [2.75, 3.05) is 19.8 Å². The molecule has 0 rings (SSSR count). The third-order valence-electron chi connectivity index (χ3n) is 3.76. The number of carboxylic acids is 2. The summed E-state index contributed by atoms with van der Waals surface area (Å²) in [5, 5.41) is 119. The predicted molar refractivity (Wildman–Crippen MR) is 119 cm³/mol. The van der Waals surface area contributed by atoms with E-state index < -0.39 is 99.8 Å². The Hall–Kier alpha value is -2.05. The zero-order valence-electron chi connectivity index (χ0n) is 20.0. The van der Waals surface area contributed by atoms with E-state index in [4.69, 9.17) is 81.3 Å². The number of aliphatic carboxylic acids is 2. The van der Waals surface area contributed by atoms with Crippen molar-refractivity contribution >= 4 is 31.6 Å². The van der Waals surface area contributed by atoms with Crippen LogP contribution < -0.4 is 0 Å². The van der Waals surface area contributed by atoms with Gasteiger partial charge >= 0.3 is 19.5 Å². The van der Waals surface area contributed by atoms with Crippen molar-refractivity contribution in [1.82, 2.24) is 0 Å². The summed E-state index contributed by atoms with van der Waals surface area (Å²) in [4.78, 5) is 54.9. The average Bonchev–Trinajstić information content (AvgIpc) is 2.89. The summed E-state index contributed by atoms with van der Waals surface area (Å²) in [5.74, 6) is -6.66. The topological polar surface area (TPSA) is 409 Å². The van der Waals surface area contributed by atoms with E-state index in [2.05, 4.69) is 0 Å². The van der Waals surface area contributed by atoms with Gasteiger partial charge in [-0.15, -0.1) is 0 Å². The number of aliphatic hydroxyl groups is 12. The Morgan fingerprint density at radius 3 is 1.18 bits per heavy atom. The average molecular weight is 606 g/mol. The fourth-order valence-electron chi connectivity index (χ4n) is 1.40. The van der Waals surface area contributed by atoms with E-state index in [0.29, 0.717) is 0 Å². The largest absolute Gasteiger partial charge is 0.479 e. The molecular formula is C17H35O21P. The minimum atomic E-state index is -4.94. The molecule has 234 valence electrons. The molecule has 21 nitrogen and oxygen atoms in total. The van der Waals surface area contributed by atoms with Crippen LogP contribution in [0.3, 0.4) is 0 Å². The number of carboxylic acid groups (broad SMARTS) is 2. The summed E-state index contributed by atoms with van der Waals surface area (Å²) in [6, 6.07) is 0. The van der Waals surface area contributed by atoms with E-state index in [-0.39, 0.29) is 6.29 Å². The number of carbonyl (C=O) groups is 4. The minimum Gasteiger partial charge on any atom is -0.479 e. The number of ketones is 1. The maximum Gasteiger partial charge on any atom is 0.371 e. The summed E-state index contributed by atoms with van der Waals surface area (Å²) in [6.45, 7) is -1.04. The van der Waals surface area contributed by atoms with Crippen molar-refractivity contribution in [2.24, 2.45) is 0 Å². The monoisotopic (exact) mass is 606 g/mol. The van der Waals surface area contributed by atoms with Gasteiger partial charge in [0.1, 0.15) is 42.7 Å². The molecule has 0 aromatic carbocycles. The first-order valence-electron chi connectivity index (χ1n) is 10.0. The Bertz CT molecular complexity index is 720. The van der Waals surface area contributed by atoms with Gasteiger partial charge < -0.3 is 86.1 Å². The van der Waals surface area contributed by atoms with Gasteiger partial charge in [-0.1, -0.05) is 0 Å². The van der Waals surface area contributed by atoms with Gasteiger partial charge in [0.25, 0.3) is 0 Å². The van der Waals surface area contributed by atoms with Crippen LogP contribution in [0.5, 0.6) is 0 Å². The van der Waals surface area contributed by atoms with E-state index in [0.717, 1.165) is 6.92 Å². The van der Waals surface area contributed by atoms with Crippen molar-refractivity contribution in [3.05, 3.63) is 0 Å². The number of carbonyl (C=O) groups excluding carboxylic acids is 2. The molecule has 0 aliphatic heterocycles. The second-order valence-corrected chi connectivity index (χ2v) is 8.70. The molecule has 0 radical (unpaired) electrons. The first-order valence-corrected chi connectivity index (χ1v) is 11.7. The Morgan fingerprint density at radius 2 is 1.00 bits per heavy atom. The zero-order chi connectivity index (χ0) is 32.3. The van der Waals surface area contributed by atoms with Gasteiger partial charge in [-0.2, -0.15) is 0 Å². The van der Waals surface area contributed by atoms with Crippen LogP contribution in [-0.2, 0) is 23.7 Å². The Morgan fingerprint density at radius 1 is 0.692 bits per heavy atom. The molecule has 0 fully saturated rings. The summed E-state index contributed by atoms with van der Waals surface area (Å²) < 4.78 is 10.1. The van der Waals surface area contributed by atoms with Crippen molar-refractivity contribution < 1.29 is 105 Å². The van der Waals surface area contributed by atoms with Gasteiger partial charge in [-0.05, 0) is 0 Å². The maximum atomic E-state index is 10.1. The summed E-state index contributed by atoms with van der Waals surface area (Å²) in [5.41, 5.74) is 0. The van der Waals surface area contributed by atoms with Crippen LogP contribution >= 0.6 is 7.60 Å². The van der Waals surface area contributed by atoms with Crippen LogP contribution in [0.1, 0.15) is 6.92 Å². The van der Waals surface area contributed by atoms with Crippen molar-refractivity contribution in [3.63, 3.8) is 0 Å². The van der Waals surface area contributed by atoms with Crippen molar-refractivity contribution in [1.29, 1.82) is 0 Å². The quantitative estimate of drug-likeness (QED) is 0.0525. The third kappa shape index (κ3) is 21.5. The number of aldehydes is 1. The highest BCUT2D eigenvalue weighted by Gasteiger charge is 2.37. The SMILES string of the molecule is CC(=O)C(=O)O.O=C(O)C(O)C(O)P(=O)(O)O.O=C[C@H](O)[C@@H](O)[C@H](O)[C@H](O)CO.OC[C@@H](O)C(O)[C@@H](O)CO. The number of Topliss-reactive ketones (excluding diaryl/α,β-unsaturated/α-hetero) is 1. The molecule has 0 saturated carbocycles. The summed E-state index contributed by atoms with van der Waals surface area (Å²) in [6.07, 6.45) is -13.6. The molecule has 3 unspecified atom stereocenters. The molecule has 0 aromatic heterocycles. The lowest BCUT2D eigenvalue weighted by Gasteiger charge is -2.22. The Balaban J connectivity index is -0.000000215. The van der Waals surface area contributed by atoms with Crippen molar-refractivity contribution in [3.8, 4) is 0 Å². The molecule has 0 saturated heterocycles. The fraction of sp³-hybridized carbons (Fsp3) is 0.765. The van der Waals surface area contributed by atoms with Gasteiger partial charge in [0.05, 0.1) is 19.8 Å². The van der Waals surface area contributed by atoms with Gasteiger partial charge in [0.2, 0.25) is 5.78 Å². The molecule has 22 heteroatoms. The standard InChI is InChI=1S/C6H12O6.C5H12O5.C3H7O7P.C3H4O3/c7-1-3(9)5(11)6(12)4(10)2-8;6-1-3(8)5(10)4(9)2-7;4-1(2(5)6)3(7)11(8,9)10;1-2(4)3(5)6/h1,3-6,8-12H,2H2;3-10H,1-2H2;1,3-4,7H,(H,5,6)(H2,8,9,10);1H3,(H,5,6)/t3-,4+,5+,6+;3-,4+,5?;;/m0.../s1. The lowest BCUT2D eigenvalue weighted by molar-refractivity contribution is -0.150. The smallest absolute Gasteiger partial charge is 0.371 e. The molecule has 0 aliphatic carbocycles. The van der Waals surface area contributed by atoms with Crippen LogP contribution in [0.2, 0.25) is 0 Å². The zero-order valence-corrected chi connectivity index (χ0v) is 20.9. The highest BCUT2D eigenvalue weighted by molar-refractivity contribution is 7.52. The molecule has 0 bridgehead atoms. The van der Waals surface area contributed by atoms with E-state index in [9.17, 15) is 23.7 Å². The lowest BCUT2D eigenvalue weighted by atomic mass is 10.0. The van der Waals surface area contributed by atoms with E-state index in [1.54, 1.807) is 0 Å². The van der Waals surface area contributed by atoms with E-state index >= 15 is 0 Å². The number of rotatable bonds is 13. The second-order valence-electron chi connectivity index (χ2n) is 7.00. The van der Waals surface area contributed by atoms with Gasteiger partial charge in [-0.3, -0.25) is 9.36 Å². The van der Waals surface area contributed by atoms with Crippen LogP contribution in [-0.4, -0.2) is 180 Å². The third-order valence-corrected chi connectivity index (χ3v) is 4.74. The normalized spacial score (nSPS) is 17.7. The molecule has 9 atom stereocenters. The Labute approximate surface area is 218 Å². The fourth-order valence-corrected chi connectivity index (χ4v) is 1.90. The molecule has 0 heterocycles. The van der Waals surface area contributed by atoms with Crippen molar-refractivity contribution in [2.45, 2.75) is 61.6 Å². The van der Waals surface area contributed by atoms with Crippen LogP contribution in [0, 0.1) is 0 Å². The first-order chi connectivity index (χ1) is 17.6. The predicted octanol–water partition coefficient (Wildman–Crippen LogP) is -8.74. The molecule has 0 aromatic rings. The Kier molecular flexibility index (Phi) is 25.6.